The highest BCUT2D eigenvalue weighted by molar-refractivity contribution is 7.10. The highest BCUT2D eigenvalue weighted by atomic mass is 32.1. The fourth-order valence-corrected chi connectivity index (χ4v) is 5.23. The molecule has 1 aliphatic rings. The number of hydrogen-bond donors (Lipinski definition) is 1. The Bertz CT molecular complexity index is 1450. The SMILES string of the molecule is Cn1c(=O)c2c(ncn2CC(=O)N[C@@H](c2ccc3c(c2)CCC3)c2cccs2)n(C)c1=O. The monoisotopic (exact) mass is 449 g/mol. The van der Waals surface area contributed by atoms with Crippen molar-refractivity contribution in [2.45, 2.75) is 31.8 Å². The minimum absolute atomic E-state index is 0.0727. The number of amides is 1. The van der Waals surface area contributed by atoms with Gasteiger partial charge < -0.3 is 9.88 Å². The van der Waals surface area contributed by atoms with Crippen molar-refractivity contribution >= 4 is 28.4 Å². The van der Waals surface area contributed by atoms with Crippen molar-refractivity contribution in [3.63, 3.8) is 0 Å². The average Bonchev–Trinajstić information content (AvgIpc) is 3.55. The molecule has 1 N–H and O–H groups in total. The summed E-state index contributed by atoms with van der Waals surface area (Å²) in [6.07, 6.45) is 4.77. The number of rotatable bonds is 5. The number of thiophene rings is 1. The smallest absolute Gasteiger partial charge is 0.332 e. The number of carbonyl (C=O) groups excluding carboxylic acids is 1. The molecular weight excluding hydrogens is 426 g/mol. The van der Waals surface area contributed by atoms with Gasteiger partial charge >= 0.3 is 5.69 Å². The van der Waals surface area contributed by atoms with Gasteiger partial charge in [0.05, 0.1) is 12.4 Å². The van der Waals surface area contributed by atoms with Crippen LogP contribution in [0.3, 0.4) is 0 Å². The van der Waals surface area contributed by atoms with Crippen molar-refractivity contribution in [3.8, 4) is 0 Å². The molecule has 0 saturated carbocycles. The number of nitrogens with zero attached hydrogens (tertiary/aromatic N) is 4. The Morgan fingerprint density at radius 2 is 1.97 bits per heavy atom. The van der Waals surface area contributed by atoms with E-state index >= 15 is 0 Å². The van der Waals surface area contributed by atoms with Gasteiger partial charge in [-0.2, -0.15) is 0 Å². The normalized spacial score (nSPS) is 13.9. The van der Waals surface area contributed by atoms with Crippen molar-refractivity contribution in [3.05, 3.63) is 84.4 Å². The molecule has 1 aromatic carbocycles. The Hall–Kier alpha value is -3.46. The molecule has 0 aliphatic heterocycles. The topological polar surface area (TPSA) is 90.9 Å². The molecule has 8 nitrogen and oxygen atoms in total. The zero-order valence-corrected chi connectivity index (χ0v) is 18.7. The van der Waals surface area contributed by atoms with Crippen molar-refractivity contribution in [1.29, 1.82) is 0 Å². The van der Waals surface area contributed by atoms with E-state index in [0.717, 1.165) is 27.8 Å². The number of nitrogens with one attached hydrogen (secondary N) is 1. The molecule has 0 bridgehead atoms. The first-order valence-electron chi connectivity index (χ1n) is 10.5. The quantitative estimate of drug-likeness (QED) is 0.504. The van der Waals surface area contributed by atoms with Gasteiger partial charge in [0, 0.05) is 19.0 Å². The van der Waals surface area contributed by atoms with Gasteiger partial charge in [0.1, 0.15) is 6.54 Å². The maximum absolute atomic E-state index is 13.1. The highest BCUT2D eigenvalue weighted by Gasteiger charge is 2.22. The fourth-order valence-electron chi connectivity index (χ4n) is 4.42. The maximum Gasteiger partial charge on any atom is 0.332 e. The molecule has 1 aliphatic carbocycles. The third-order valence-electron chi connectivity index (χ3n) is 6.12. The van der Waals surface area contributed by atoms with Crippen LogP contribution in [0.1, 0.15) is 34.0 Å². The maximum atomic E-state index is 13.1. The number of imidazole rings is 1. The summed E-state index contributed by atoms with van der Waals surface area (Å²) in [5.41, 5.74) is 3.36. The summed E-state index contributed by atoms with van der Waals surface area (Å²) in [5, 5.41) is 5.13. The van der Waals surface area contributed by atoms with E-state index in [4.69, 9.17) is 0 Å². The van der Waals surface area contributed by atoms with Gasteiger partial charge in [0.15, 0.2) is 11.2 Å². The predicted molar refractivity (Wildman–Crippen MR) is 123 cm³/mol. The molecule has 1 amide bonds. The van der Waals surface area contributed by atoms with Crippen molar-refractivity contribution < 1.29 is 4.79 Å². The van der Waals surface area contributed by atoms with Gasteiger partial charge in [0.2, 0.25) is 5.91 Å². The van der Waals surface area contributed by atoms with Gasteiger partial charge in [-0.15, -0.1) is 11.3 Å². The summed E-state index contributed by atoms with van der Waals surface area (Å²) in [5.74, 6) is -0.237. The van der Waals surface area contributed by atoms with Crippen molar-refractivity contribution in [2.24, 2.45) is 14.1 Å². The minimum atomic E-state index is -0.471. The molecular formula is C23H23N5O3S. The van der Waals surface area contributed by atoms with Gasteiger partial charge in [-0.05, 0) is 47.4 Å². The van der Waals surface area contributed by atoms with E-state index in [9.17, 15) is 14.4 Å². The Kier molecular flexibility index (Phi) is 5.05. The van der Waals surface area contributed by atoms with E-state index < -0.39 is 11.2 Å². The van der Waals surface area contributed by atoms with E-state index in [1.165, 1.54) is 40.1 Å². The lowest BCUT2D eigenvalue weighted by molar-refractivity contribution is -0.122. The van der Waals surface area contributed by atoms with Crippen LogP contribution in [-0.4, -0.2) is 24.6 Å². The summed E-state index contributed by atoms with van der Waals surface area (Å²) < 4.78 is 3.84. The van der Waals surface area contributed by atoms with Crippen LogP contribution in [0.4, 0.5) is 0 Å². The molecule has 164 valence electrons. The molecule has 1 atom stereocenters. The van der Waals surface area contributed by atoms with Gasteiger partial charge in [-0.1, -0.05) is 24.3 Å². The zero-order valence-electron chi connectivity index (χ0n) is 17.9. The van der Waals surface area contributed by atoms with E-state index in [2.05, 4.69) is 28.5 Å². The lowest BCUT2D eigenvalue weighted by atomic mass is 10.00. The average molecular weight is 450 g/mol. The second kappa shape index (κ2) is 7.90. The summed E-state index contributed by atoms with van der Waals surface area (Å²) in [6.45, 7) is -0.0727. The van der Waals surface area contributed by atoms with Crippen LogP contribution in [-0.2, 0) is 38.3 Å². The zero-order chi connectivity index (χ0) is 22.4. The first-order chi connectivity index (χ1) is 15.4. The lowest BCUT2D eigenvalue weighted by Gasteiger charge is -2.19. The number of benzene rings is 1. The van der Waals surface area contributed by atoms with Crippen LogP contribution < -0.4 is 16.6 Å². The summed E-state index contributed by atoms with van der Waals surface area (Å²) >= 11 is 1.59. The number of aryl methyl sites for hydroxylation is 3. The first kappa shape index (κ1) is 20.4. The van der Waals surface area contributed by atoms with Crippen LogP contribution in [0.15, 0.2) is 51.6 Å². The molecule has 9 heteroatoms. The minimum Gasteiger partial charge on any atom is -0.343 e. The van der Waals surface area contributed by atoms with Crippen LogP contribution in [0, 0.1) is 0 Å². The molecule has 0 radical (unpaired) electrons. The Balaban J connectivity index is 1.46. The standard InChI is InChI=1S/C23H23N5O3S/c1-26-21-20(22(30)27(2)23(26)31)28(13-24-21)12-18(29)25-19(17-7-4-10-32-17)16-9-8-14-5-3-6-15(14)11-16/h4,7-11,13,19H,3,5-6,12H2,1-2H3,(H,25,29)/t19-/m0/s1. The van der Waals surface area contributed by atoms with Crippen LogP contribution in [0.2, 0.25) is 0 Å². The number of fused-ring (bicyclic) bond motifs is 2. The Morgan fingerprint density at radius 3 is 2.75 bits per heavy atom. The number of carbonyl (C=O) groups is 1. The molecule has 32 heavy (non-hydrogen) atoms. The third-order valence-corrected chi connectivity index (χ3v) is 7.06. The van der Waals surface area contributed by atoms with E-state index in [-0.39, 0.29) is 29.7 Å². The molecule has 4 aromatic rings. The second-order valence-electron chi connectivity index (χ2n) is 8.15. The molecule has 5 rings (SSSR count). The van der Waals surface area contributed by atoms with Crippen LogP contribution in [0.25, 0.3) is 11.2 Å². The van der Waals surface area contributed by atoms with Gasteiger partial charge in [-0.25, -0.2) is 9.78 Å². The summed E-state index contributed by atoms with van der Waals surface area (Å²) in [7, 11) is 2.98. The van der Waals surface area contributed by atoms with Gasteiger partial charge in [0.25, 0.3) is 5.56 Å². The molecule has 3 aromatic heterocycles. The van der Waals surface area contributed by atoms with Gasteiger partial charge in [-0.3, -0.25) is 18.7 Å². The van der Waals surface area contributed by atoms with Crippen LogP contribution >= 0.6 is 11.3 Å². The number of hydrogen-bond acceptors (Lipinski definition) is 5. The largest absolute Gasteiger partial charge is 0.343 e. The first-order valence-corrected chi connectivity index (χ1v) is 11.4. The van der Waals surface area contributed by atoms with E-state index in [0.29, 0.717) is 0 Å². The predicted octanol–water partition coefficient (Wildman–Crippen LogP) is 1.89. The molecule has 3 heterocycles. The summed E-state index contributed by atoms with van der Waals surface area (Å²) in [4.78, 5) is 43.1. The third kappa shape index (κ3) is 3.38. The fraction of sp³-hybridized carbons (Fsp3) is 0.304. The van der Waals surface area contributed by atoms with E-state index in [1.54, 1.807) is 18.4 Å². The number of aromatic nitrogens is 4. The highest BCUT2D eigenvalue weighted by Crippen LogP contribution is 2.30. The summed E-state index contributed by atoms with van der Waals surface area (Å²) in [6, 6.07) is 10.2. The molecule has 0 unspecified atom stereocenters. The Morgan fingerprint density at radius 1 is 1.16 bits per heavy atom. The van der Waals surface area contributed by atoms with E-state index in [1.807, 2.05) is 17.5 Å². The van der Waals surface area contributed by atoms with Crippen molar-refractivity contribution in [2.75, 3.05) is 0 Å². The molecule has 0 spiro atoms. The lowest BCUT2D eigenvalue weighted by Crippen LogP contribution is -2.38. The molecule has 0 fully saturated rings. The van der Waals surface area contributed by atoms with Crippen LogP contribution in [0.5, 0.6) is 0 Å². The van der Waals surface area contributed by atoms with Crippen molar-refractivity contribution in [1.82, 2.24) is 24.0 Å². The molecule has 0 saturated heterocycles. The Labute approximate surface area is 187 Å². The second-order valence-corrected chi connectivity index (χ2v) is 9.13.